The molecule has 6 rings (SSSR count). The lowest BCUT2D eigenvalue weighted by atomic mass is 9.91. The van der Waals surface area contributed by atoms with E-state index in [4.69, 9.17) is 9.47 Å². The van der Waals surface area contributed by atoms with E-state index >= 15 is 0 Å². The van der Waals surface area contributed by atoms with E-state index in [1.54, 1.807) is 42.1 Å². The maximum absolute atomic E-state index is 13.8. The lowest BCUT2D eigenvalue weighted by molar-refractivity contribution is -0.268. The zero-order chi connectivity index (χ0) is 36.0. The van der Waals surface area contributed by atoms with Gasteiger partial charge in [0.2, 0.25) is 21.1 Å². The fraction of sp³-hybridized carbons (Fsp3) is 0.297. The predicted octanol–water partition coefficient (Wildman–Crippen LogP) is 5.12. The number of aryl methyl sites for hydroxylation is 2. The van der Waals surface area contributed by atoms with E-state index in [0.717, 1.165) is 22.3 Å². The average molecular weight is 729 g/mol. The second-order valence-electron chi connectivity index (χ2n) is 12.5. The van der Waals surface area contributed by atoms with Gasteiger partial charge in [-0.15, -0.1) is 5.10 Å². The molecular formula is C37H40N6O6S2. The Kier molecular flexibility index (Phi) is 11.6. The molecule has 0 saturated carbocycles. The number of carbonyl (C=O) groups is 1. The van der Waals surface area contributed by atoms with Crippen molar-refractivity contribution in [2.45, 2.75) is 61.5 Å². The number of anilines is 1. The lowest BCUT2D eigenvalue weighted by Crippen LogP contribution is -2.45. The van der Waals surface area contributed by atoms with Crippen LogP contribution in [0, 0.1) is 12.8 Å². The van der Waals surface area contributed by atoms with Crippen LogP contribution in [0.3, 0.4) is 0 Å². The Bertz CT molecular complexity index is 2030. The highest BCUT2D eigenvalue weighted by atomic mass is 32.2. The number of sulfonamides is 1. The largest absolute Gasteiger partial charge is 0.392 e. The summed E-state index contributed by atoms with van der Waals surface area (Å²) < 4.78 is 44.2. The van der Waals surface area contributed by atoms with Gasteiger partial charge in [-0.2, -0.15) is 4.72 Å². The molecule has 4 aromatic carbocycles. The quantitative estimate of drug-likeness (QED) is 0.139. The van der Waals surface area contributed by atoms with Crippen molar-refractivity contribution in [3.63, 3.8) is 0 Å². The molecular weight excluding hydrogens is 689 g/mol. The highest BCUT2D eigenvalue weighted by Crippen LogP contribution is 2.43. The monoisotopic (exact) mass is 728 g/mol. The fourth-order valence-electron chi connectivity index (χ4n) is 5.81. The predicted molar refractivity (Wildman–Crippen MR) is 193 cm³/mol. The van der Waals surface area contributed by atoms with Gasteiger partial charge in [0.15, 0.2) is 6.29 Å². The average Bonchev–Trinajstić information content (AvgIpc) is 3.55. The lowest BCUT2D eigenvalue weighted by Gasteiger charge is -2.41. The van der Waals surface area contributed by atoms with Crippen LogP contribution in [-0.4, -0.2) is 57.5 Å². The highest BCUT2D eigenvalue weighted by molar-refractivity contribution is 7.99. The molecule has 1 saturated heterocycles. The van der Waals surface area contributed by atoms with Crippen molar-refractivity contribution in [3.05, 3.63) is 131 Å². The minimum absolute atomic E-state index is 0.0573. The molecule has 3 N–H and O–H groups in total. The first-order valence-corrected chi connectivity index (χ1v) is 19.0. The molecule has 0 aliphatic carbocycles. The van der Waals surface area contributed by atoms with Crippen LogP contribution < -0.4 is 10.0 Å². The molecule has 0 radical (unpaired) electrons. The van der Waals surface area contributed by atoms with Gasteiger partial charge >= 0.3 is 0 Å². The summed E-state index contributed by atoms with van der Waals surface area (Å²) in [5.41, 5.74) is 4.59. The van der Waals surface area contributed by atoms with Gasteiger partial charge in [0.05, 0.1) is 23.7 Å². The van der Waals surface area contributed by atoms with Gasteiger partial charge in [-0.05, 0) is 64.7 Å². The Morgan fingerprint density at radius 3 is 2.37 bits per heavy atom. The minimum Gasteiger partial charge on any atom is -0.392 e. The number of nitrogens with zero attached hydrogens (tertiary/aromatic N) is 4. The first kappa shape index (κ1) is 36.4. The fourth-order valence-corrected chi connectivity index (χ4v) is 8.02. The standard InChI is InChI=1S/C37H40N6O6S2/c1-24-12-18-31(19-13-24)51(46,47)40-32(20-26-8-5-4-6-9-26)35(45)38-30-11-7-10-29(21-30)36-48-33(23-50-37-39-41-42-43(37)3)25(2)34(49-36)28-16-14-27(22-44)15-17-28/h4-19,21,25,32-34,36,40,44H,20,22-23H2,1-3H3,(H,38,45)/t25-,32+,33+,34+,36+/m0/s1. The molecule has 0 unspecified atom stereocenters. The number of tetrazole rings is 1. The van der Waals surface area contributed by atoms with Gasteiger partial charge in [0, 0.05) is 30.0 Å². The number of benzene rings is 4. The van der Waals surface area contributed by atoms with Crippen LogP contribution in [-0.2, 0) is 44.4 Å². The summed E-state index contributed by atoms with van der Waals surface area (Å²) >= 11 is 1.48. The number of aliphatic hydroxyl groups excluding tert-OH is 1. The summed E-state index contributed by atoms with van der Waals surface area (Å²) in [5.74, 6) is -0.0172. The summed E-state index contributed by atoms with van der Waals surface area (Å²) in [4.78, 5) is 13.9. The van der Waals surface area contributed by atoms with Crippen LogP contribution in [0.25, 0.3) is 0 Å². The Morgan fingerprint density at radius 2 is 1.69 bits per heavy atom. The first-order valence-electron chi connectivity index (χ1n) is 16.5. The molecule has 5 atom stereocenters. The third-order valence-electron chi connectivity index (χ3n) is 8.74. The molecule has 1 amide bonds. The van der Waals surface area contributed by atoms with Gasteiger partial charge in [-0.3, -0.25) is 4.79 Å². The number of hydrogen-bond acceptors (Lipinski definition) is 10. The smallest absolute Gasteiger partial charge is 0.242 e. The molecule has 0 bridgehead atoms. The van der Waals surface area contributed by atoms with Crippen LogP contribution >= 0.6 is 11.8 Å². The number of nitrogens with one attached hydrogen (secondary N) is 2. The maximum Gasteiger partial charge on any atom is 0.242 e. The number of ether oxygens (including phenoxy) is 2. The van der Waals surface area contributed by atoms with Crippen molar-refractivity contribution in [2.75, 3.05) is 11.1 Å². The Morgan fingerprint density at radius 1 is 0.941 bits per heavy atom. The van der Waals surface area contributed by atoms with Crippen molar-refractivity contribution in [1.82, 2.24) is 24.9 Å². The molecule has 0 spiro atoms. The van der Waals surface area contributed by atoms with Crippen LogP contribution in [0.2, 0.25) is 0 Å². The van der Waals surface area contributed by atoms with E-state index < -0.39 is 28.3 Å². The van der Waals surface area contributed by atoms with Crippen molar-refractivity contribution in [1.29, 1.82) is 0 Å². The second kappa shape index (κ2) is 16.3. The third-order valence-corrected chi connectivity index (χ3v) is 11.3. The number of aliphatic hydroxyl groups is 1. The van der Waals surface area contributed by atoms with Crippen LogP contribution in [0.15, 0.2) is 113 Å². The summed E-state index contributed by atoms with van der Waals surface area (Å²) in [6, 6.07) is 29.4. The summed E-state index contributed by atoms with van der Waals surface area (Å²) in [6.45, 7) is 3.89. The van der Waals surface area contributed by atoms with E-state index in [9.17, 15) is 18.3 Å². The van der Waals surface area contributed by atoms with Gasteiger partial charge < -0.3 is 19.9 Å². The van der Waals surface area contributed by atoms with Crippen molar-refractivity contribution >= 4 is 33.4 Å². The van der Waals surface area contributed by atoms with E-state index in [2.05, 4.69) is 32.5 Å². The van der Waals surface area contributed by atoms with E-state index in [-0.39, 0.29) is 36.0 Å². The van der Waals surface area contributed by atoms with E-state index in [1.165, 1.54) is 23.9 Å². The van der Waals surface area contributed by atoms with Gasteiger partial charge in [-0.1, -0.05) is 103 Å². The second-order valence-corrected chi connectivity index (χ2v) is 15.2. The summed E-state index contributed by atoms with van der Waals surface area (Å²) in [5, 5.41) is 24.9. The first-order chi connectivity index (χ1) is 24.6. The number of thioether (sulfide) groups is 1. The van der Waals surface area contributed by atoms with Crippen molar-refractivity contribution in [3.8, 4) is 0 Å². The number of aromatic nitrogens is 4. The zero-order valence-electron chi connectivity index (χ0n) is 28.4. The summed E-state index contributed by atoms with van der Waals surface area (Å²) in [7, 11) is -2.23. The normalized spacial score (nSPS) is 19.8. The Labute approximate surface area is 301 Å². The Balaban J connectivity index is 1.24. The number of hydrogen-bond donors (Lipinski definition) is 3. The molecule has 2 heterocycles. The maximum atomic E-state index is 13.8. The van der Waals surface area contributed by atoms with Crippen molar-refractivity contribution < 1.29 is 27.8 Å². The molecule has 12 nitrogen and oxygen atoms in total. The molecule has 1 aliphatic rings. The van der Waals surface area contributed by atoms with Crippen LogP contribution in [0.1, 0.15) is 47.1 Å². The number of rotatable bonds is 13. The zero-order valence-corrected chi connectivity index (χ0v) is 30.0. The molecule has 51 heavy (non-hydrogen) atoms. The number of amides is 1. The van der Waals surface area contributed by atoms with E-state index in [0.29, 0.717) is 22.2 Å². The molecule has 1 aromatic heterocycles. The van der Waals surface area contributed by atoms with Gasteiger partial charge in [-0.25, -0.2) is 13.1 Å². The van der Waals surface area contributed by atoms with E-state index in [1.807, 2.05) is 67.6 Å². The highest BCUT2D eigenvalue weighted by Gasteiger charge is 2.39. The molecule has 1 fully saturated rings. The van der Waals surface area contributed by atoms with Crippen LogP contribution in [0.5, 0.6) is 0 Å². The van der Waals surface area contributed by atoms with Crippen molar-refractivity contribution in [2.24, 2.45) is 13.0 Å². The molecule has 1 aliphatic heterocycles. The Hall–Kier alpha value is -4.44. The third kappa shape index (κ3) is 9.08. The topological polar surface area (TPSA) is 158 Å². The van der Waals surface area contributed by atoms with Crippen LogP contribution in [0.4, 0.5) is 5.69 Å². The molecule has 266 valence electrons. The molecule has 14 heteroatoms. The minimum atomic E-state index is -4.01. The SMILES string of the molecule is Cc1ccc(S(=O)(=O)N[C@H](Cc2ccccc2)C(=O)Nc2cccc([C@@H]3O[C@H](CSc4nnnn4C)[C@H](C)[C@H](c4ccc(CO)cc4)O3)c2)cc1. The molecule has 5 aromatic rings. The van der Waals surface area contributed by atoms with Gasteiger partial charge in [0.25, 0.3) is 0 Å². The summed E-state index contributed by atoms with van der Waals surface area (Å²) in [6.07, 6.45) is -1.26. The number of carbonyl (C=O) groups excluding carboxylic acids is 1. The van der Waals surface area contributed by atoms with Gasteiger partial charge in [0.1, 0.15) is 6.04 Å².